The van der Waals surface area contributed by atoms with Gasteiger partial charge in [-0.25, -0.2) is 0 Å². The minimum atomic E-state index is -1.20. The van der Waals surface area contributed by atoms with E-state index in [-0.39, 0.29) is 41.7 Å². The molecule has 0 aromatic heterocycles. The third kappa shape index (κ3) is 4.31. The number of rotatable bonds is 4. The van der Waals surface area contributed by atoms with Gasteiger partial charge in [-0.1, -0.05) is 59.7 Å². The van der Waals surface area contributed by atoms with Crippen molar-refractivity contribution in [2.45, 2.75) is 13.3 Å². The van der Waals surface area contributed by atoms with Gasteiger partial charge in [-0.05, 0) is 24.1 Å². The zero-order valence-electron chi connectivity index (χ0n) is 12.4. The smallest absolute Gasteiger partial charge is 0.550 e. The Bertz CT molecular complexity index is 717. The molecular weight excluding hydrogens is 329 g/mol. The Hall–Kier alpha value is -0.910. The van der Waals surface area contributed by atoms with Crippen molar-refractivity contribution in [2.24, 2.45) is 0 Å². The van der Waals surface area contributed by atoms with Gasteiger partial charge in [-0.3, -0.25) is 0 Å². The molecule has 0 fully saturated rings. The summed E-state index contributed by atoms with van der Waals surface area (Å²) < 4.78 is 0. The van der Waals surface area contributed by atoms with E-state index in [2.05, 4.69) is 0 Å². The number of carbonyl (C=O) groups excluding carboxylic acids is 1. The fourth-order valence-corrected chi connectivity index (χ4v) is 2.70. The second-order valence-electron chi connectivity index (χ2n) is 4.74. The fraction of sp³-hybridized carbons (Fsp3) is 0.125. The molecule has 0 saturated heterocycles. The van der Waals surface area contributed by atoms with Crippen LogP contribution < -0.4 is 40.4 Å². The van der Waals surface area contributed by atoms with Crippen LogP contribution in [0.5, 0.6) is 0 Å². The Morgan fingerprint density at radius 3 is 2.36 bits per heavy atom. The van der Waals surface area contributed by atoms with E-state index < -0.39 is 5.97 Å². The number of thiocarbonyl (C=S) groups is 1. The molecule has 0 spiro atoms. The van der Waals surface area contributed by atoms with Crippen LogP contribution in [0.1, 0.15) is 22.3 Å². The van der Waals surface area contributed by atoms with Crippen LogP contribution in [-0.4, -0.2) is 10.8 Å². The van der Waals surface area contributed by atoms with Crippen LogP contribution in [0.15, 0.2) is 36.4 Å². The Labute approximate surface area is 161 Å². The van der Waals surface area contributed by atoms with Gasteiger partial charge in [-0.15, -0.1) is 0 Å². The van der Waals surface area contributed by atoms with E-state index in [1.165, 1.54) is 0 Å². The first-order chi connectivity index (χ1) is 9.90. The molecule has 0 unspecified atom stereocenters. The Morgan fingerprint density at radius 2 is 1.82 bits per heavy atom. The first-order valence-corrected chi connectivity index (χ1v) is 7.07. The number of nitrogens with two attached hydrogens (primary N) is 1. The minimum Gasteiger partial charge on any atom is -0.550 e. The zero-order chi connectivity index (χ0) is 15.6. The molecule has 0 aliphatic heterocycles. The zero-order valence-corrected chi connectivity index (χ0v) is 15.9. The molecule has 0 aliphatic carbocycles. The minimum absolute atomic E-state index is 0. The van der Waals surface area contributed by atoms with E-state index in [4.69, 9.17) is 29.6 Å². The van der Waals surface area contributed by atoms with Gasteiger partial charge in [-0.2, -0.15) is 0 Å². The number of aryl methyl sites for hydroxylation is 1. The first-order valence-electron chi connectivity index (χ1n) is 6.28. The average Bonchev–Trinajstić information content (AvgIpc) is 2.42. The number of benzene rings is 2. The van der Waals surface area contributed by atoms with Crippen molar-refractivity contribution in [1.29, 1.82) is 0 Å². The Morgan fingerprint density at radius 1 is 1.23 bits per heavy atom. The summed E-state index contributed by atoms with van der Waals surface area (Å²) in [7, 11) is 0. The largest absolute Gasteiger partial charge is 1.00 e. The van der Waals surface area contributed by atoms with Crippen LogP contribution in [0.4, 0.5) is 5.69 Å². The third-order valence-corrected chi connectivity index (χ3v) is 3.92. The molecule has 108 valence electrons. The summed E-state index contributed by atoms with van der Waals surface area (Å²) >= 11 is 11.6. The number of hydrogen-bond acceptors (Lipinski definition) is 4. The Kier molecular flexibility index (Phi) is 7.03. The second-order valence-corrected chi connectivity index (χ2v) is 5.55. The van der Waals surface area contributed by atoms with Crippen LogP contribution in [0, 0.1) is 6.92 Å². The van der Waals surface area contributed by atoms with E-state index in [9.17, 15) is 9.90 Å². The topological polar surface area (TPSA) is 66.1 Å². The number of nitrogen functional groups attached to an aromatic ring is 1. The molecular formula is C16H13ClNNaO2S. The summed E-state index contributed by atoms with van der Waals surface area (Å²) in [6.07, 6.45) is -0.271. The number of halogens is 1. The van der Waals surface area contributed by atoms with Crippen LogP contribution >= 0.6 is 23.8 Å². The standard InChI is InChI=1S/C16H14ClNO2S.Na/c1-9-2-4-10(5-3-9)16(21)14-12(17)7-6-11(15(14)18)8-13(19)20;/h2-7H,8,18H2,1H3,(H,19,20);/q;+1/p-1. The van der Waals surface area contributed by atoms with Gasteiger partial charge in [0.25, 0.3) is 0 Å². The molecule has 0 bridgehead atoms. The molecule has 2 rings (SSSR count). The summed E-state index contributed by atoms with van der Waals surface area (Å²) in [4.78, 5) is 11.3. The van der Waals surface area contributed by atoms with E-state index in [0.717, 1.165) is 11.1 Å². The number of aliphatic carboxylic acids is 1. The monoisotopic (exact) mass is 341 g/mol. The van der Waals surface area contributed by atoms with E-state index in [1.54, 1.807) is 12.1 Å². The molecule has 2 N–H and O–H groups in total. The predicted octanol–water partition coefficient (Wildman–Crippen LogP) is -0.707. The van der Waals surface area contributed by atoms with E-state index >= 15 is 0 Å². The van der Waals surface area contributed by atoms with Crippen molar-refractivity contribution in [1.82, 2.24) is 0 Å². The number of carboxylic acid groups (broad SMARTS) is 1. The van der Waals surface area contributed by atoms with Gasteiger partial charge in [0.05, 0.1) is 9.89 Å². The van der Waals surface area contributed by atoms with Gasteiger partial charge in [0, 0.05) is 23.6 Å². The average molecular weight is 342 g/mol. The Balaban J connectivity index is 0.00000242. The molecule has 0 radical (unpaired) electrons. The molecule has 0 saturated carbocycles. The van der Waals surface area contributed by atoms with Gasteiger partial charge < -0.3 is 15.6 Å². The summed E-state index contributed by atoms with van der Waals surface area (Å²) in [5.41, 5.74) is 9.20. The maximum atomic E-state index is 10.8. The molecule has 22 heavy (non-hydrogen) atoms. The van der Waals surface area contributed by atoms with Gasteiger partial charge >= 0.3 is 29.6 Å². The first kappa shape index (κ1) is 19.1. The van der Waals surface area contributed by atoms with Crippen molar-refractivity contribution >= 4 is 40.3 Å². The maximum absolute atomic E-state index is 10.8. The summed E-state index contributed by atoms with van der Waals surface area (Å²) in [6.45, 7) is 1.98. The van der Waals surface area contributed by atoms with Crippen molar-refractivity contribution in [3.8, 4) is 0 Å². The van der Waals surface area contributed by atoms with Crippen LogP contribution in [-0.2, 0) is 11.2 Å². The molecule has 2 aromatic carbocycles. The molecule has 2 aromatic rings. The number of carbonyl (C=O) groups is 1. The summed E-state index contributed by atoms with van der Waals surface area (Å²) in [5.74, 6) is -1.20. The van der Waals surface area contributed by atoms with E-state index in [1.807, 2.05) is 31.2 Å². The van der Waals surface area contributed by atoms with Gasteiger partial charge in [0.15, 0.2) is 0 Å². The normalized spacial score (nSPS) is 9.91. The van der Waals surface area contributed by atoms with Crippen LogP contribution in [0.2, 0.25) is 5.02 Å². The van der Waals surface area contributed by atoms with Gasteiger partial charge in [0.2, 0.25) is 0 Å². The van der Waals surface area contributed by atoms with Gasteiger partial charge in [0.1, 0.15) is 0 Å². The van der Waals surface area contributed by atoms with Crippen molar-refractivity contribution in [2.75, 3.05) is 5.73 Å². The molecule has 3 nitrogen and oxygen atoms in total. The van der Waals surface area contributed by atoms with Crippen molar-refractivity contribution in [3.05, 3.63) is 63.7 Å². The third-order valence-electron chi connectivity index (χ3n) is 3.16. The number of hydrogen-bond donors (Lipinski definition) is 1. The number of anilines is 1. The molecule has 0 aliphatic rings. The molecule has 0 amide bonds. The molecule has 6 heteroatoms. The van der Waals surface area contributed by atoms with Crippen molar-refractivity contribution < 1.29 is 39.5 Å². The predicted molar refractivity (Wildman–Crippen MR) is 86.6 cm³/mol. The fourth-order valence-electron chi connectivity index (χ4n) is 2.03. The van der Waals surface area contributed by atoms with Crippen molar-refractivity contribution in [3.63, 3.8) is 0 Å². The van der Waals surface area contributed by atoms with E-state index in [0.29, 0.717) is 21.0 Å². The van der Waals surface area contributed by atoms with Crippen LogP contribution in [0.25, 0.3) is 0 Å². The number of carboxylic acids is 1. The molecule has 0 atom stereocenters. The second kappa shape index (κ2) is 8.09. The molecule has 0 heterocycles. The summed E-state index contributed by atoms with van der Waals surface area (Å²) in [5, 5.41) is 11.2. The maximum Gasteiger partial charge on any atom is 1.00 e. The summed E-state index contributed by atoms with van der Waals surface area (Å²) in [6, 6.07) is 10.8. The quantitative estimate of drug-likeness (QED) is 0.345. The SMILES string of the molecule is Cc1ccc(C(=S)c2c(Cl)ccc(CC(=O)[O-])c2N)cc1.[Na+]. The van der Waals surface area contributed by atoms with Crippen LogP contribution in [0.3, 0.4) is 0 Å².